The normalized spacial score (nSPS) is 10.2. The Morgan fingerprint density at radius 2 is 1.90 bits per heavy atom. The predicted octanol–water partition coefficient (Wildman–Crippen LogP) is 1.78. The Morgan fingerprint density at radius 3 is 2.65 bits per heavy atom. The van der Waals surface area contributed by atoms with Crippen LogP contribution in [0.2, 0.25) is 0 Å². The van der Waals surface area contributed by atoms with Crippen molar-refractivity contribution in [2.24, 2.45) is 0 Å². The van der Waals surface area contributed by atoms with Crippen molar-refractivity contribution in [2.75, 3.05) is 5.73 Å². The van der Waals surface area contributed by atoms with Crippen molar-refractivity contribution in [1.82, 2.24) is 20.2 Å². The Hall–Kier alpha value is -3.20. The van der Waals surface area contributed by atoms with Crippen molar-refractivity contribution in [3.8, 4) is 23.1 Å². The Balaban J connectivity index is 2.05. The Bertz CT molecular complexity index is 785. The van der Waals surface area contributed by atoms with Crippen molar-refractivity contribution in [3.05, 3.63) is 54.1 Å². The van der Waals surface area contributed by atoms with Gasteiger partial charge in [-0.05, 0) is 23.4 Å². The van der Waals surface area contributed by atoms with Crippen molar-refractivity contribution in [1.29, 1.82) is 5.26 Å². The molecule has 0 unspecified atom stereocenters. The monoisotopic (exact) mass is 262 g/mol. The molecule has 0 spiro atoms. The number of nitrogens with two attached hydrogens (primary N) is 1. The van der Waals surface area contributed by atoms with Crippen LogP contribution >= 0.6 is 0 Å². The van der Waals surface area contributed by atoms with Crippen molar-refractivity contribution in [2.45, 2.75) is 0 Å². The number of benzene rings is 2. The van der Waals surface area contributed by atoms with E-state index in [0.29, 0.717) is 22.8 Å². The number of tetrazole rings is 1. The molecule has 0 aliphatic heterocycles. The third-order valence-electron chi connectivity index (χ3n) is 2.80. The standard InChI is InChI=1S/C14H10N6/c15-9-11-8-12(16)6-7-13(11)20-18-14(17-19-20)10-4-2-1-3-5-10/h1-8H,16H2. The highest BCUT2D eigenvalue weighted by Gasteiger charge is 2.10. The lowest BCUT2D eigenvalue weighted by atomic mass is 10.2. The molecule has 1 aromatic heterocycles. The van der Waals surface area contributed by atoms with Gasteiger partial charge in [0, 0.05) is 11.3 Å². The topological polar surface area (TPSA) is 93.4 Å². The molecule has 1 heterocycles. The molecule has 6 heteroatoms. The fourth-order valence-electron chi connectivity index (χ4n) is 1.84. The van der Waals surface area contributed by atoms with E-state index in [1.54, 1.807) is 18.2 Å². The molecule has 0 fully saturated rings. The molecule has 3 aromatic rings. The first-order valence-electron chi connectivity index (χ1n) is 5.93. The quantitative estimate of drug-likeness (QED) is 0.710. The average Bonchev–Trinajstić information content (AvgIpc) is 2.97. The van der Waals surface area contributed by atoms with Gasteiger partial charge in [0.25, 0.3) is 0 Å². The van der Waals surface area contributed by atoms with Crippen LogP contribution in [0.25, 0.3) is 17.1 Å². The van der Waals surface area contributed by atoms with E-state index in [2.05, 4.69) is 21.5 Å². The maximum Gasteiger partial charge on any atom is 0.205 e. The van der Waals surface area contributed by atoms with Crippen LogP contribution in [0.15, 0.2) is 48.5 Å². The van der Waals surface area contributed by atoms with Gasteiger partial charge in [-0.2, -0.15) is 5.26 Å². The molecule has 0 amide bonds. The second-order valence-corrected chi connectivity index (χ2v) is 4.16. The minimum atomic E-state index is 0.405. The zero-order valence-electron chi connectivity index (χ0n) is 10.4. The number of nitrogens with zero attached hydrogens (tertiary/aromatic N) is 5. The van der Waals surface area contributed by atoms with E-state index in [0.717, 1.165) is 5.56 Å². The van der Waals surface area contributed by atoms with Gasteiger partial charge in [-0.15, -0.1) is 15.0 Å². The van der Waals surface area contributed by atoms with Crippen molar-refractivity contribution < 1.29 is 0 Å². The molecule has 2 N–H and O–H groups in total. The first-order chi connectivity index (χ1) is 9.78. The summed E-state index contributed by atoms with van der Waals surface area (Å²) in [4.78, 5) is 1.33. The molecule has 0 radical (unpaired) electrons. The highest BCUT2D eigenvalue weighted by molar-refractivity contribution is 5.57. The smallest absolute Gasteiger partial charge is 0.205 e. The largest absolute Gasteiger partial charge is 0.399 e. The molecular weight excluding hydrogens is 252 g/mol. The summed E-state index contributed by atoms with van der Waals surface area (Å²) in [6.45, 7) is 0. The summed E-state index contributed by atoms with van der Waals surface area (Å²) in [5, 5.41) is 21.4. The molecule has 0 aliphatic rings. The molecule has 0 saturated heterocycles. The Labute approximate surface area is 115 Å². The number of hydrogen-bond acceptors (Lipinski definition) is 5. The lowest BCUT2D eigenvalue weighted by Gasteiger charge is -2.02. The van der Waals surface area contributed by atoms with Crippen LogP contribution in [0.5, 0.6) is 0 Å². The number of aromatic nitrogens is 4. The number of nitrogen functional groups attached to an aromatic ring is 1. The van der Waals surface area contributed by atoms with Crippen LogP contribution in [0.1, 0.15) is 5.56 Å². The van der Waals surface area contributed by atoms with Crippen LogP contribution in [-0.2, 0) is 0 Å². The molecule has 0 aliphatic carbocycles. The second kappa shape index (κ2) is 4.82. The molecule has 0 saturated carbocycles. The zero-order chi connectivity index (χ0) is 13.9. The average molecular weight is 262 g/mol. The fraction of sp³-hybridized carbons (Fsp3) is 0. The maximum atomic E-state index is 9.13. The second-order valence-electron chi connectivity index (χ2n) is 4.16. The third-order valence-corrected chi connectivity index (χ3v) is 2.80. The molecule has 3 rings (SSSR count). The lowest BCUT2D eigenvalue weighted by Crippen LogP contribution is -2.02. The fourth-order valence-corrected chi connectivity index (χ4v) is 1.84. The SMILES string of the molecule is N#Cc1cc(N)ccc1-n1nnc(-c2ccccc2)n1. The summed E-state index contributed by atoms with van der Waals surface area (Å²) in [6, 6.07) is 16.6. The predicted molar refractivity (Wildman–Crippen MR) is 73.7 cm³/mol. The summed E-state index contributed by atoms with van der Waals surface area (Å²) in [5.74, 6) is 0.506. The summed E-state index contributed by atoms with van der Waals surface area (Å²) < 4.78 is 0. The van der Waals surface area contributed by atoms with E-state index in [9.17, 15) is 0 Å². The number of nitriles is 1. The number of anilines is 1. The summed E-state index contributed by atoms with van der Waals surface area (Å²) in [5.41, 5.74) is 8.01. The molecule has 2 aromatic carbocycles. The first-order valence-corrected chi connectivity index (χ1v) is 5.93. The highest BCUT2D eigenvalue weighted by Crippen LogP contribution is 2.18. The molecule has 0 bridgehead atoms. The molecular formula is C14H10N6. The minimum Gasteiger partial charge on any atom is -0.399 e. The molecule has 20 heavy (non-hydrogen) atoms. The maximum absolute atomic E-state index is 9.13. The Kier molecular flexibility index (Phi) is 2.86. The number of rotatable bonds is 2. The van der Waals surface area contributed by atoms with Gasteiger partial charge >= 0.3 is 0 Å². The summed E-state index contributed by atoms with van der Waals surface area (Å²) >= 11 is 0. The van der Waals surface area contributed by atoms with Crippen molar-refractivity contribution in [3.63, 3.8) is 0 Å². The summed E-state index contributed by atoms with van der Waals surface area (Å²) in [7, 11) is 0. The van der Waals surface area contributed by atoms with Crippen LogP contribution in [0.4, 0.5) is 5.69 Å². The minimum absolute atomic E-state index is 0.405. The number of hydrogen-bond donors (Lipinski definition) is 1. The lowest BCUT2D eigenvalue weighted by molar-refractivity contribution is 0.718. The van der Waals surface area contributed by atoms with Crippen LogP contribution in [-0.4, -0.2) is 20.2 Å². The van der Waals surface area contributed by atoms with Gasteiger partial charge in [0.05, 0.1) is 5.56 Å². The van der Waals surface area contributed by atoms with Gasteiger partial charge in [-0.3, -0.25) is 0 Å². The van der Waals surface area contributed by atoms with E-state index in [1.165, 1.54) is 4.80 Å². The van der Waals surface area contributed by atoms with Crippen molar-refractivity contribution >= 4 is 5.69 Å². The van der Waals surface area contributed by atoms with Gasteiger partial charge in [0.15, 0.2) is 0 Å². The van der Waals surface area contributed by atoms with Crippen LogP contribution in [0, 0.1) is 11.3 Å². The van der Waals surface area contributed by atoms with E-state index < -0.39 is 0 Å². The van der Waals surface area contributed by atoms with E-state index in [1.807, 2.05) is 30.3 Å². The van der Waals surface area contributed by atoms with Crippen LogP contribution in [0.3, 0.4) is 0 Å². The van der Waals surface area contributed by atoms with Crippen LogP contribution < -0.4 is 5.73 Å². The highest BCUT2D eigenvalue weighted by atomic mass is 15.6. The van der Waals surface area contributed by atoms with Gasteiger partial charge < -0.3 is 5.73 Å². The summed E-state index contributed by atoms with van der Waals surface area (Å²) in [6.07, 6.45) is 0. The molecule has 6 nitrogen and oxygen atoms in total. The first kappa shape index (κ1) is 11.9. The van der Waals surface area contributed by atoms with Gasteiger partial charge in [-0.25, -0.2) is 0 Å². The van der Waals surface area contributed by atoms with Gasteiger partial charge in [-0.1, -0.05) is 30.3 Å². The molecule has 96 valence electrons. The van der Waals surface area contributed by atoms with E-state index >= 15 is 0 Å². The van der Waals surface area contributed by atoms with Gasteiger partial charge in [0.2, 0.25) is 5.82 Å². The third kappa shape index (κ3) is 2.08. The van der Waals surface area contributed by atoms with Gasteiger partial charge in [0.1, 0.15) is 11.8 Å². The molecule has 0 atom stereocenters. The van der Waals surface area contributed by atoms with E-state index in [4.69, 9.17) is 11.0 Å². The van der Waals surface area contributed by atoms with E-state index in [-0.39, 0.29) is 0 Å². The Morgan fingerprint density at radius 1 is 1.10 bits per heavy atom. The zero-order valence-corrected chi connectivity index (χ0v) is 10.4.